The van der Waals surface area contributed by atoms with Crippen LogP contribution in [0.2, 0.25) is 0 Å². The van der Waals surface area contributed by atoms with E-state index in [1.54, 1.807) is 17.9 Å². The van der Waals surface area contributed by atoms with Crippen molar-refractivity contribution in [3.63, 3.8) is 0 Å². The summed E-state index contributed by atoms with van der Waals surface area (Å²) in [6.07, 6.45) is 2.85. The molecule has 224 valence electrons. The van der Waals surface area contributed by atoms with Gasteiger partial charge in [0.05, 0.1) is 40.2 Å². The Morgan fingerprint density at radius 1 is 1.09 bits per heavy atom. The van der Waals surface area contributed by atoms with Crippen LogP contribution in [0.4, 0.5) is 10.8 Å². The molecule has 13 nitrogen and oxygen atoms in total. The van der Waals surface area contributed by atoms with Gasteiger partial charge in [0.25, 0.3) is 5.69 Å². The SMILES string of the molecule is COc1ccc(-c2nc(N=NC(Cc3ccccc3[N+](=O)[O-])C(=O)O)sc2-c2ccc(-n3cc(CCCO)nn3)cc2)cc1. The minimum atomic E-state index is -1.35. The maximum atomic E-state index is 12.0. The molecule has 5 rings (SSSR count). The molecule has 0 bridgehead atoms. The molecule has 0 fully saturated rings. The molecular weight excluding hydrogens is 586 g/mol. The Labute approximate surface area is 255 Å². The standard InChI is InChI=1S/C30H27N7O6S/c1-43-24-14-10-19(11-15-24)27-28(20-8-12-23(13-9-20)36-18-22(32-35-36)6-4-16-38)44-30(31-27)34-33-25(29(39)40)17-21-5-2-3-7-26(21)37(41)42/h2-3,5,7-15,18,25,38H,4,6,16-17H2,1H3,(H,39,40). The molecule has 0 radical (unpaired) electrons. The molecule has 2 N–H and O–H groups in total. The van der Waals surface area contributed by atoms with E-state index in [4.69, 9.17) is 9.84 Å². The zero-order chi connectivity index (χ0) is 31.1. The van der Waals surface area contributed by atoms with Gasteiger partial charge in [0, 0.05) is 30.2 Å². The summed E-state index contributed by atoms with van der Waals surface area (Å²) >= 11 is 1.24. The number of aliphatic hydroxyl groups excluding tert-OH is 1. The average Bonchev–Trinajstić information content (AvgIpc) is 3.70. The number of aromatic nitrogens is 4. The number of rotatable bonds is 13. The molecule has 0 saturated carbocycles. The molecule has 0 aliphatic carbocycles. The van der Waals surface area contributed by atoms with Crippen LogP contribution >= 0.6 is 11.3 Å². The number of aryl methyl sites for hydroxylation is 1. The Morgan fingerprint density at radius 3 is 2.50 bits per heavy atom. The van der Waals surface area contributed by atoms with Crippen LogP contribution in [0, 0.1) is 10.1 Å². The van der Waals surface area contributed by atoms with Crippen LogP contribution < -0.4 is 4.74 Å². The summed E-state index contributed by atoms with van der Waals surface area (Å²) < 4.78 is 6.95. The van der Waals surface area contributed by atoms with Crippen LogP contribution in [0.1, 0.15) is 17.7 Å². The van der Waals surface area contributed by atoms with E-state index in [-0.39, 0.29) is 29.4 Å². The van der Waals surface area contributed by atoms with Gasteiger partial charge in [-0.3, -0.25) is 10.1 Å². The zero-order valence-corrected chi connectivity index (χ0v) is 24.3. The number of nitro benzene ring substituents is 1. The number of ether oxygens (including phenoxy) is 1. The topological polar surface area (TPSA) is 178 Å². The number of aliphatic carboxylic acids is 1. The summed E-state index contributed by atoms with van der Waals surface area (Å²) in [6, 6.07) is 19.6. The van der Waals surface area contributed by atoms with Crippen molar-refractivity contribution in [2.45, 2.75) is 25.3 Å². The van der Waals surface area contributed by atoms with Crippen LogP contribution in [0.25, 0.3) is 27.4 Å². The first-order chi connectivity index (χ1) is 21.4. The van der Waals surface area contributed by atoms with Crippen molar-refractivity contribution in [1.82, 2.24) is 20.0 Å². The Balaban J connectivity index is 1.46. The van der Waals surface area contributed by atoms with E-state index in [2.05, 4.69) is 25.5 Å². The van der Waals surface area contributed by atoms with Crippen molar-refractivity contribution < 1.29 is 24.7 Å². The minimum Gasteiger partial charge on any atom is -0.497 e. The number of nitrogens with zero attached hydrogens (tertiary/aromatic N) is 7. The number of carboxylic acids is 1. The number of carboxylic acid groups (broad SMARTS) is 1. The van der Waals surface area contributed by atoms with Crippen LogP contribution in [0.3, 0.4) is 0 Å². The van der Waals surface area contributed by atoms with E-state index in [0.29, 0.717) is 24.3 Å². The molecule has 0 aliphatic heterocycles. The first kappa shape index (κ1) is 30.1. The molecule has 0 spiro atoms. The van der Waals surface area contributed by atoms with E-state index < -0.39 is 16.9 Å². The number of azo groups is 1. The van der Waals surface area contributed by atoms with E-state index >= 15 is 0 Å². The molecule has 3 aromatic carbocycles. The molecule has 1 unspecified atom stereocenters. The highest BCUT2D eigenvalue weighted by Crippen LogP contribution is 2.41. The quantitative estimate of drug-likeness (QED) is 0.0960. The van der Waals surface area contributed by atoms with Gasteiger partial charge in [0.2, 0.25) is 5.13 Å². The predicted octanol–water partition coefficient (Wildman–Crippen LogP) is 5.68. The number of hydrogen-bond donors (Lipinski definition) is 2. The third-order valence-corrected chi connectivity index (χ3v) is 7.66. The average molecular weight is 614 g/mol. The first-order valence-corrected chi connectivity index (χ1v) is 14.3. The Hall–Kier alpha value is -5.34. The normalized spacial score (nSPS) is 12.0. The fourth-order valence-electron chi connectivity index (χ4n) is 4.42. The lowest BCUT2D eigenvalue weighted by atomic mass is 10.0. The van der Waals surface area contributed by atoms with Gasteiger partial charge >= 0.3 is 5.97 Å². The van der Waals surface area contributed by atoms with Gasteiger partial charge in [-0.1, -0.05) is 46.9 Å². The lowest BCUT2D eigenvalue weighted by Gasteiger charge is -2.06. The number of para-hydroxylation sites is 1. The minimum absolute atomic E-state index is 0.0843. The molecule has 14 heteroatoms. The highest BCUT2D eigenvalue weighted by molar-refractivity contribution is 7.19. The zero-order valence-electron chi connectivity index (χ0n) is 23.5. The van der Waals surface area contributed by atoms with Gasteiger partial charge in [0.1, 0.15) is 5.75 Å². The van der Waals surface area contributed by atoms with Crippen molar-refractivity contribution in [3.8, 4) is 33.1 Å². The van der Waals surface area contributed by atoms with E-state index in [1.165, 1.54) is 29.5 Å². The summed E-state index contributed by atoms with van der Waals surface area (Å²) in [5.74, 6) is -0.581. The molecule has 0 amide bonds. The van der Waals surface area contributed by atoms with Crippen molar-refractivity contribution in [2.75, 3.05) is 13.7 Å². The molecule has 0 saturated heterocycles. The Kier molecular flexibility index (Phi) is 9.42. The third-order valence-electron chi connectivity index (χ3n) is 6.67. The molecule has 5 aromatic rings. The lowest BCUT2D eigenvalue weighted by molar-refractivity contribution is -0.385. The van der Waals surface area contributed by atoms with E-state index in [1.807, 2.05) is 54.7 Å². The second-order valence-corrected chi connectivity index (χ2v) is 10.6. The summed E-state index contributed by atoms with van der Waals surface area (Å²) in [5, 5.41) is 47.0. The summed E-state index contributed by atoms with van der Waals surface area (Å²) in [6.45, 7) is 0.0843. The third kappa shape index (κ3) is 6.99. The smallest absolute Gasteiger partial charge is 0.330 e. The van der Waals surface area contributed by atoms with Crippen LogP contribution in [-0.4, -0.2) is 60.8 Å². The number of aliphatic hydroxyl groups is 1. The fourth-order valence-corrected chi connectivity index (χ4v) is 5.34. The highest BCUT2D eigenvalue weighted by Gasteiger charge is 2.23. The van der Waals surface area contributed by atoms with Crippen molar-refractivity contribution in [3.05, 3.63) is 100 Å². The number of thiazole rings is 1. The van der Waals surface area contributed by atoms with Crippen molar-refractivity contribution >= 4 is 28.1 Å². The first-order valence-electron chi connectivity index (χ1n) is 13.5. The molecule has 1 atom stereocenters. The summed E-state index contributed by atoms with van der Waals surface area (Å²) in [7, 11) is 1.58. The van der Waals surface area contributed by atoms with Gasteiger partial charge in [0.15, 0.2) is 6.04 Å². The van der Waals surface area contributed by atoms with Gasteiger partial charge in [-0.25, -0.2) is 14.5 Å². The van der Waals surface area contributed by atoms with Gasteiger partial charge in [-0.15, -0.1) is 10.2 Å². The predicted molar refractivity (Wildman–Crippen MR) is 163 cm³/mol. The molecule has 2 aromatic heterocycles. The number of benzene rings is 3. The summed E-state index contributed by atoms with van der Waals surface area (Å²) in [5.41, 5.74) is 3.90. The van der Waals surface area contributed by atoms with E-state index in [0.717, 1.165) is 27.4 Å². The molecule has 2 heterocycles. The molecular formula is C30H27N7O6S. The van der Waals surface area contributed by atoms with Gasteiger partial charge < -0.3 is 14.9 Å². The number of methoxy groups -OCH3 is 1. The van der Waals surface area contributed by atoms with Gasteiger partial charge in [-0.05, 0) is 54.8 Å². The Bertz CT molecular complexity index is 1780. The Morgan fingerprint density at radius 2 is 1.82 bits per heavy atom. The maximum Gasteiger partial charge on any atom is 0.330 e. The number of nitro groups is 1. The van der Waals surface area contributed by atoms with E-state index in [9.17, 15) is 20.0 Å². The van der Waals surface area contributed by atoms with Gasteiger partial charge in [-0.2, -0.15) is 5.11 Å². The van der Waals surface area contributed by atoms with Crippen molar-refractivity contribution in [1.29, 1.82) is 0 Å². The number of carbonyl (C=O) groups is 1. The fraction of sp³-hybridized carbons (Fsp3) is 0.200. The van der Waals surface area contributed by atoms with Crippen LogP contribution in [0.5, 0.6) is 5.75 Å². The van der Waals surface area contributed by atoms with Crippen LogP contribution in [0.15, 0.2) is 89.2 Å². The molecule has 0 aliphatic rings. The summed E-state index contributed by atoms with van der Waals surface area (Å²) in [4.78, 5) is 28.3. The van der Waals surface area contributed by atoms with Crippen molar-refractivity contribution in [2.24, 2.45) is 10.2 Å². The highest BCUT2D eigenvalue weighted by atomic mass is 32.1. The maximum absolute atomic E-state index is 12.0. The second-order valence-electron chi connectivity index (χ2n) is 9.59. The second kappa shape index (κ2) is 13.8. The largest absolute Gasteiger partial charge is 0.497 e. The monoisotopic (exact) mass is 613 g/mol. The van der Waals surface area contributed by atoms with Crippen LogP contribution in [-0.2, 0) is 17.6 Å². The lowest BCUT2D eigenvalue weighted by Crippen LogP contribution is -2.20. The number of hydrogen-bond acceptors (Lipinski definition) is 11. The molecule has 44 heavy (non-hydrogen) atoms.